The highest BCUT2D eigenvalue weighted by molar-refractivity contribution is 7.21. The lowest BCUT2D eigenvalue weighted by molar-refractivity contribution is -0.123. The van der Waals surface area contributed by atoms with Crippen LogP contribution in [-0.4, -0.2) is 31.2 Å². The predicted molar refractivity (Wildman–Crippen MR) is 87.3 cm³/mol. The first-order chi connectivity index (χ1) is 10.9. The number of esters is 1. The van der Waals surface area contributed by atoms with Crippen LogP contribution in [0.4, 0.5) is 4.79 Å². The molecule has 122 valence electrons. The van der Waals surface area contributed by atoms with Crippen LogP contribution in [0.5, 0.6) is 0 Å². The van der Waals surface area contributed by atoms with Crippen LogP contribution in [0.3, 0.4) is 0 Å². The highest BCUT2D eigenvalue weighted by Crippen LogP contribution is 2.37. The number of imide groups is 1. The van der Waals surface area contributed by atoms with Crippen molar-refractivity contribution in [3.8, 4) is 0 Å². The molecule has 23 heavy (non-hydrogen) atoms. The summed E-state index contributed by atoms with van der Waals surface area (Å²) in [5.41, 5.74) is 0. The Bertz CT molecular complexity index is 774. The molecule has 2 aromatic rings. The molecule has 2 rings (SSSR count). The minimum absolute atomic E-state index is 0.124. The summed E-state index contributed by atoms with van der Waals surface area (Å²) in [6.07, 6.45) is -0.900. The van der Waals surface area contributed by atoms with E-state index >= 15 is 0 Å². The van der Waals surface area contributed by atoms with Crippen LogP contribution in [0.25, 0.3) is 10.1 Å². The van der Waals surface area contributed by atoms with Crippen molar-refractivity contribution in [2.45, 2.75) is 6.92 Å². The fraction of sp³-hybridized carbons (Fsp3) is 0.214. The van der Waals surface area contributed by atoms with Crippen molar-refractivity contribution in [2.75, 3.05) is 13.2 Å². The SMILES string of the molecule is CCOC(=O)NC(=O)COC(=O)c1sc2cc(Cl)ccc2c1Cl. The Morgan fingerprint density at radius 2 is 1.96 bits per heavy atom. The van der Waals surface area contributed by atoms with Gasteiger partial charge < -0.3 is 9.47 Å². The summed E-state index contributed by atoms with van der Waals surface area (Å²) < 4.78 is 10.1. The second-order valence-corrected chi connectivity index (χ2v) is 6.10. The van der Waals surface area contributed by atoms with Gasteiger partial charge in [0.25, 0.3) is 5.91 Å². The molecule has 0 aliphatic carbocycles. The van der Waals surface area contributed by atoms with Crippen LogP contribution in [0.15, 0.2) is 18.2 Å². The lowest BCUT2D eigenvalue weighted by Crippen LogP contribution is -2.34. The summed E-state index contributed by atoms with van der Waals surface area (Å²) in [6, 6.07) is 5.03. The Labute approximate surface area is 145 Å². The number of carbonyl (C=O) groups excluding carboxylic acids is 3. The van der Waals surface area contributed by atoms with Gasteiger partial charge in [0.1, 0.15) is 4.88 Å². The number of rotatable bonds is 4. The van der Waals surface area contributed by atoms with Gasteiger partial charge in [-0.15, -0.1) is 11.3 Å². The Hall–Kier alpha value is -1.83. The highest BCUT2D eigenvalue weighted by Gasteiger charge is 2.20. The first kappa shape index (κ1) is 17.5. The summed E-state index contributed by atoms with van der Waals surface area (Å²) in [7, 11) is 0. The largest absolute Gasteiger partial charge is 0.451 e. The van der Waals surface area contributed by atoms with Gasteiger partial charge in [-0.25, -0.2) is 9.59 Å². The number of amides is 2. The molecule has 0 unspecified atom stereocenters. The minimum atomic E-state index is -0.900. The zero-order valence-electron chi connectivity index (χ0n) is 11.9. The normalized spacial score (nSPS) is 10.4. The van der Waals surface area contributed by atoms with E-state index < -0.39 is 24.6 Å². The topological polar surface area (TPSA) is 81.7 Å². The quantitative estimate of drug-likeness (QED) is 0.824. The molecular weight excluding hydrogens is 365 g/mol. The number of nitrogens with one attached hydrogen (secondary N) is 1. The molecule has 2 amide bonds. The van der Waals surface area contributed by atoms with Gasteiger partial charge in [0.05, 0.1) is 11.6 Å². The average molecular weight is 376 g/mol. The van der Waals surface area contributed by atoms with Gasteiger partial charge in [-0.05, 0) is 19.1 Å². The maximum absolute atomic E-state index is 12.0. The lowest BCUT2D eigenvalue weighted by atomic mass is 10.2. The fourth-order valence-corrected chi connectivity index (χ4v) is 3.36. The number of fused-ring (bicyclic) bond motifs is 1. The van der Waals surface area contributed by atoms with E-state index in [-0.39, 0.29) is 16.5 Å². The van der Waals surface area contributed by atoms with Crippen LogP contribution in [0, 0.1) is 0 Å². The highest BCUT2D eigenvalue weighted by atomic mass is 35.5. The number of halogens is 2. The van der Waals surface area contributed by atoms with Gasteiger partial charge in [-0.1, -0.05) is 29.3 Å². The van der Waals surface area contributed by atoms with Crippen molar-refractivity contribution in [3.05, 3.63) is 33.1 Å². The van der Waals surface area contributed by atoms with E-state index in [0.717, 1.165) is 16.0 Å². The molecule has 0 aliphatic rings. The van der Waals surface area contributed by atoms with Crippen molar-refractivity contribution in [1.82, 2.24) is 5.32 Å². The summed E-state index contributed by atoms with van der Waals surface area (Å²) in [5.74, 6) is -1.55. The van der Waals surface area contributed by atoms with Gasteiger partial charge >= 0.3 is 12.1 Å². The maximum Gasteiger partial charge on any atom is 0.413 e. The van der Waals surface area contributed by atoms with Crippen LogP contribution >= 0.6 is 34.5 Å². The predicted octanol–water partition coefficient (Wildman–Crippen LogP) is 3.64. The van der Waals surface area contributed by atoms with Gasteiger partial charge in [0.2, 0.25) is 0 Å². The third kappa shape index (κ3) is 4.34. The van der Waals surface area contributed by atoms with Crippen molar-refractivity contribution in [3.63, 3.8) is 0 Å². The summed E-state index contributed by atoms with van der Waals surface area (Å²) in [6.45, 7) is 1.10. The second kappa shape index (κ2) is 7.63. The van der Waals surface area contributed by atoms with E-state index in [0.29, 0.717) is 10.4 Å². The summed E-state index contributed by atoms with van der Waals surface area (Å²) >= 11 is 13.1. The molecule has 0 radical (unpaired) electrons. The molecule has 0 saturated heterocycles. The number of alkyl carbamates (subject to hydrolysis) is 1. The van der Waals surface area contributed by atoms with E-state index in [1.54, 1.807) is 25.1 Å². The van der Waals surface area contributed by atoms with E-state index in [1.165, 1.54) is 0 Å². The third-order valence-corrected chi connectivity index (χ3v) is 4.50. The molecular formula is C14H11Cl2NO5S. The molecule has 0 saturated carbocycles. The molecule has 0 fully saturated rings. The molecule has 0 aliphatic heterocycles. The van der Waals surface area contributed by atoms with Gasteiger partial charge in [-0.3, -0.25) is 10.1 Å². The van der Waals surface area contributed by atoms with Crippen LogP contribution in [0.1, 0.15) is 16.6 Å². The average Bonchev–Trinajstić information content (AvgIpc) is 2.81. The number of thiophene rings is 1. The molecule has 1 aromatic heterocycles. The second-order valence-electron chi connectivity index (χ2n) is 4.23. The van der Waals surface area contributed by atoms with Gasteiger partial charge in [-0.2, -0.15) is 0 Å². The van der Waals surface area contributed by atoms with E-state index in [1.807, 2.05) is 5.32 Å². The van der Waals surface area contributed by atoms with Crippen molar-refractivity contribution >= 4 is 62.6 Å². The maximum atomic E-state index is 12.0. The molecule has 0 spiro atoms. The Morgan fingerprint density at radius 3 is 2.65 bits per heavy atom. The molecule has 9 heteroatoms. The number of ether oxygens (including phenoxy) is 2. The Kier molecular flexibility index (Phi) is 5.81. The molecule has 0 bridgehead atoms. The summed E-state index contributed by atoms with van der Waals surface area (Å²) in [4.78, 5) is 34.6. The number of hydrogen-bond acceptors (Lipinski definition) is 6. The van der Waals surface area contributed by atoms with E-state index in [9.17, 15) is 14.4 Å². The molecule has 1 N–H and O–H groups in total. The molecule has 6 nitrogen and oxygen atoms in total. The molecule has 1 aromatic carbocycles. The van der Waals surface area contributed by atoms with Crippen molar-refractivity contribution in [2.24, 2.45) is 0 Å². The van der Waals surface area contributed by atoms with Gasteiger partial charge in [0.15, 0.2) is 6.61 Å². The van der Waals surface area contributed by atoms with Gasteiger partial charge in [0, 0.05) is 15.1 Å². The zero-order chi connectivity index (χ0) is 17.0. The van der Waals surface area contributed by atoms with Crippen molar-refractivity contribution < 1.29 is 23.9 Å². The summed E-state index contributed by atoms with van der Waals surface area (Å²) in [5, 5.41) is 3.33. The smallest absolute Gasteiger partial charge is 0.413 e. The Morgan fingerprint density at radius 1 is 1.22 bits per heavy atom. The zero-order valence-corrected chi connectivity index (χ0v) is 14.2. The minimum Gasteiger partial charge on any atom is -0.451 e. The lowest BCUT2D eigenvalue weighted by Gasteiger charge is -2.05. The van der Waals surface area contributed by atoms with Crippen LogP contribution in [0.2, 0.25) is 10.0 Å². The first-order valence-electron chi connectivity index (χ1n) is 6.43. The third-order valence-electron chi connectivity index (χ3n) is 2.63. The van der Waals surface area contributed by atoms with E-state index in [4.69, 9.17) is 27.9 Å². The van der Waals surface area contributed by atoms with E-state index in [2.05, 4.69) is 4.74 Å². The fourth-order valence-electron chi connectivity index (χ4n) is 1.68. The monoisotopic (exact) mass is 375 g/mol. The molecule has 0 atom stereocenters. The van der Waals surface area contributed by atoms with Crippen LogP contribution < -0.4 is 5.32 Å². The standard InChI is InChI=1S/C14H11Cl2NO5S/c1-2-21-14(20)17-10(18)6-22-13(19)12-11(16)8-4-3-7(15)5-9(8)23-12/h3-5H,2,6H2,1H3,(H,17,18,20). The first-order valence-corrected chi connectivity index (χ1v) is 8.01. The number of hydrogen-bond donors (Lipinski definition) is 1. The molecule has 1 heterocycles. The Balaban J connectivity index is 2.02. The number of benzene rings is 1. The van der Waals surface area contributed by atoms with Crippen LogP contribution in [-0.2, 0) is 14.3 Å². The van der Waals surface area contributed by atoms with Crippen molar-refractivity contribution in [1.29, 1.82) is 0 Å². The number of carbonyl (C=O) groups is 3.